The predicted octanol–water partition coefficient (Wildman–Crippen LogP) is 12.2. The molecule has 7 aromatic carbocycles. The van der Waals surface area contributed by atoms with Gasteiger partial charge in [0.15, 0.2) is 17.5 Å². The number of para-hydroxylation sites is 2. The Hall–Kier alpha value is -6.85. The van der Waals surface area contributed by atoms with Crippen LogP contribution in [0.25, 0.3) is 94.7 Å². The van der Waals surface area contributed by atoms with Crippen LogP contribution in [0, 0.1) is 0 Å². The fraction of sp³-hybridized carbons (Fsp3) is 0.0625. The van der Waals surface area contributed by atoms with Crippen molar-refractivity contribution >= 4 is 43.7 Å². The zero-order valence-electron chi connectivity index (χ0n) is 29.2. The summed E-state index contributed by atoms with van der Waals surface area (Å²) in [6.45, 7) is 4.70. The standard InChI is InChI=1S/C48H32N4O/c1-48(2)38-18-10-12-20-41(38)52-40-19-11-9-17-34(40)37-25-33(26-39(48)44(37)52)31-21-23-35-36-24-22-32(28-43(36)53-42(35)27-31)47-50-45(29-13-5-3-6-14-29)49-46(51-47)30-15-7-4-8-16-30/h3-28H,1-2H3. The van der Waals surface area contributed by atoms with Gasteiger partial charge in [-0.15, -0.1) is 0 Å². The van der Waals surface area contributed by atoms with Crippen molar-refractivity contribution in [3.8, 4) is 51.0 Å². The highest BCUT2D eigenvalue weighted by molar-refractivity contribution is 6.13. The molecule has 0 saturated heterocycles. The molecule has 0 N–H and O–H groups in total. The van der Waals surface area contributed by atoms with Crippen molar-refractivity contribution < 1.29 is 4.42 Å². The van der Waals surface area contributed by atoms with E-state index in [4.69, 9.17) is 19.4 Å². The summed E-state index contributed by atoms with van der Waals surface area (Å²) >= 11 is 0. The maximum Gasteiger partial charge on any atom is 0.164 e. The quantitative estimate of drug-likeness (QED) is 0.186. The lowest BCUT2D eigenvalue weighted by atomic mass is 9.74. The van der Waals surface area contributed by atoms with Crippen LogP contribution in [0.3, 0.4) is 0 Å². The molecule has 0 spiro atoms. The molecule has 0 bridgehead atoms. The van der Waals surface area contributed by atoms with Crippen LogP contribution < -0.4 is 0 Å². The molecule has 1 aliphatic rings. The van der Waals surface area contributed by atoms with Gasteiger partial charge in [0.25, 0.3) is 0 Å². The van der Waals surface area contributed by atoms with Gasteiger partial charge in [0, 0.05) is 43.7 Å². The van der Waals surface area contributed by atoms with E-state index in [-0.39, 0.29) is 5.41 Å². The highest BCUT2D eigenvalue weighted by Crippen LogP contribution is 2.49. The van der Waals surface area contributed by atoms with Gasteiger partial charge in [-0.3, -0.25) is 0 Å². The molecule has 0 atom stereocenters. The molecule has 4 heterocycles. The third-order valence-corrected chi connectivity index (χ3v) is 11.0. The summed E-state index contributed by atoms with van der Waals surface area (Å²) in [5.74, 6) is 1.87. The number of nitrogens with zero attached hydrogens (tertiary/aromatic N) is 4. The minimum Gasteiger partial charge on any atom is -0.456 e. The van der Waals surface area contributed by atoms with E-state index in [1.807, 2.05) is 60.7 Å². The Labute approximate surface area is 305 Å². The third-order valence-electron chi connectivity index (χ3n) is 11.0. The zero-order valence-corrected chi connectivity index (χ0v) is 29.2. The summed E-state index contributed by atoms with van der Waals surface area (Å²) in [7, 11) is 0. The molecule has 0 fully saturated rings. The Balaban J connectivity index is 1.06. The average Bonchev–Trinajstić information content (AvgIpc) is 3.75. The first-order valence-electron chi connectivity index (χ1n) is 18.0. The number of fused-ring (bicyclic) bond motifs is 8. The maximum absolute atomic E-state index is 6.65. The Morgan fingerprint density at radius 3 is 1.70 bits per heavy atom. The molecule has 250 valence electrons. The van der Waals surface area contributed by atoms with E-state index in [0.29, 0.717) is 17.5 Å². The van der Waals surface area contributed by atoms with Gasteiger partial charge in [0.2, 0.25) is 0 Å². The predicted molar refractivity (Wildman–Crippen MR) is 215 cm³/mol. The molecule has 53 heavy (non-hydrogen) atoms. The van der Waals surface area contributed by atoms with Crippen molar-refractivity contribution in [3.63, 3.8) is 0 Å². The molecule has 0 radical (unpaired) electrons. The first-order valence-corrected chi connectivity index (χ1v) is 18.0. The average molecular weight is 681 g/mol. The van der Waals surface area contributed by atoms with Crippen molar-refractivity contribution in [3.05, 3.63) is 169 Å². The summed E-state index contributed by atoms with van der Waals surface area (Å²) in [6, 6.07) is 55.3. The molecule has 1 aliphatic heterocycles. The largest absolute Gasteiger partial charge is 0.456 e. The monoisotopic (exact) mass is 680 g/mol. The van der Waals surface area contributed by atoms with Crippen LogP contribution in [0.2, 0.25) is 0 Å². The van der Waals surface area contributed by atoms with Crippen LogP contribution in [-0.4, -0.2) is 19.5 Å². The van der Waals surface area contributed by atoms with Crippen LogP contribution in [0.4, 0.5) is 0 Å². The van der Waals surface area contributed by atoms with Crippen molar-refractivity contribution in [2.75, 3.05) is 0 Å². The Morgan fingerprint density at radius 1 is 0.434 bits per heavy atom. The van der Waals surface area contributed by atoms with Crippen molar-refractivity contribution in [2.24, 2.45) is 0 Å². The van der Waals surface area contributed by atoms with E-state index < -0.39 is 0 Å². The van der Waals surface area contributed by atoms with Gasteiger partial charge in [-0.25, -0.2) is 15.0 Å². The summed E-state index contributed by atoms with van der Waals surface area (Å²) in [5.41, 5.74) is 13.0. The van der Waals surface area contributed by atoms with Crippen LogP contribution in [0.5, 0.6) is 0 Å². The number of benzene rings is 7. The van der Waals surface area contributed by atoms with Crippen molar-refractivity contribution in [2.45, 2.75) is 19.3 Å². The van der Waals surface area contributed by atoms with E-state index >= 15 is 0 Å². The molecule has 3 aromatic heterocycles. The van der Waals surface area contributed by atoms with E-state index in [0.717, 1.165) is 44.2 Å². The van der Waals surface area contributed by atoms with Crippen LogP contribution in [0.15, 0.2) is 162 Å². The van der Waals surface area contributed by atoms with E-state index in [9.17, 15) is 0 Å². The zero-order chi connectivity index (χ0) is 35.3. The summed E-state index contributed by atoms with van der Waals surface area (Å²) < 4.78 is 9.11. The van der Waals surface area contributed by atoms with Crippen molar-refractivity contribution in [1.82, 2.24) is 19.5 Å². The Morgan fingerprint density at radius 2 is 1.00 bits per heavy atom. The third kappa shape index (κ3) is 4.47. The number of hydrogen-bond acceptors (Lipinski definition) is 4. The van der Waals surface area contributed by atoms with Crippen LogP contribution in [0.1, 0.15) is 25.0 Å². The van der Waals surface area contributed by atoms with Gasteiger partial charge in [0.05, 0.1) is 16.7 Å². The summed E-state index contributed by atoms with van der Waals surface area (Å²) in [6.07, 6.45) is 0. The molecule has 10 aromatic rings. The van der Waals surface area contributed by atoms with Gasteiger partial charge in [0.1, 0.15) is 11.2 Å². The van der Waals surface area contributed by atoms with Gasteiger partial charge in [-0.05, 0) is 70.8 Å². The van der Waals surface area contributed by atoms with E-state index in [2.05, 4.69) is 115 Å². The molecule has 5 heteroatoms. The van der Waals surface area contributed by atoms with E-state index in [1.54, 1.807) is 0 Å². The second kappa shape index (κ2) is 11.1. The van der Waals surface area contributed by atoms with Gasteiger partial charge in [-0.2, -0.15) is 0 Å². The molecular weight excluding hydrogens is 649 g/mol. The number of hydrogen-bond donors (Lipinski definition) is 0. The Kier molecular flexibility index (Phi) is 6.23. The fourth-order valence-corrected chi connectivity index (χ4v) is 8.37. The minimum absolute atomic E-state index is 0.176. The normalized spacial score (nSPS) is 13.2. The van der Waals surface area contributed by atoms with Crippen LogP contribution >= 0.6 is 0 Å². The Bertz CT molecular complexity index is 3020. The second-order valence-electron chi connectivity index (χ2n) is 14.5. The topological polar surface area (TPSA) is 56.7 Å². The lowest BCUT2D eigenvalue weighted by Crippen LogP contribution is -2.26. The second-order valence-corrected chi connectivity index (χ2v) is 14.5. The first kappa shape index (κ1) is 29.8. The van der Waals surface area contributed by atoms with Gasteiger partial charge < -0.3 is 8.98 Å². The SMILES string of the molecule is CC1(C)c2ccccc2-n2c3ccccc3c3cc(-c4ccc5c(c4)oc4cc(-c6nc(-c7ccccc7)nc(-c7ccccc7)n6)ccc45)cc1c32. The molecule has 5 nitrogen and oxygen atoms in total. The smallest absolute Gasteiger partial charge is 0.164 e. The number of aromatic nitrogens is 4. The lowest BCUT2D eigenvalue weighted by molar-refractivity contribution is 0.630. The molecule has 0 aliphatic carbocycles. The number of rotatable bonds is 4. The summed E-state index contributed by atoms with van der Waals surface area (Å²) in [4.78, 5) is 14.7. The fourth-order valence-electron chi connectivity index (χ4n) is 8.37. The molecular formula is C48H32N4O. The number of furan rings is 1. The molecule has 0 amide bonds. The molecule has 11 rings (SSSR count). The van der Waals surface area contributed by atoms with Gasteiger partial charge in [-0.1, -0.05) is 123 Å². The van der Waals surface area contributed by atoms with E-state index in [1.165, 1.54) is 44.2 Å². The van der Waals surface area contributed by atoms with Crippen LogP contribution in [-0.2, 0) is 5.41 Å². The highest BCUT2D eigenvalue weighted by atomic mass is 16.3. The maximum atomic E-state index is 6.65. The molecule has 0 unspecified atom stereocenters. The first-order chi connectivity index (χ1) is 26.0. The lowest BCUT2D eigenvalue weighted by Gasteiger charge is -2.35. The summed E-state index contributed by atoms with van der Waals surface area (Å²) in [5, 5.41) is 4.67. The van der Waals surface area contributed by atoms with Crippen molar-refractivity contribution in [1.29, 1.82) is 0 Å². The van der Waals surface area contributed by atoms with Gasteiger partial charge >= 0.3 is 0 Å². The molecule has 0 saturated carbocycles. The highest BCUT2D eigenvalue weighted by Gasteiger charge is 2.35. The minimum atomic E-state index is -0.176.